The molecule has 0 aliphatic carbocycles. The predicted octanol–water partition coefficient (Wildman–Crippen LogP) is 5.76. The second-order valence-electron chi connectivity index (χ2n) is 7.24. The number of carbonyl (C=O) groups excluding carboxylic acids is 1. The highest BCUT2D eigenvalue weighted by Crippen LogP contribution is 2.30. The van der Waals surface area contributed by atoms with E-state index in [1.54, 1.807) is 31.6 Å². The summed E-state index contributed by atoms with van der Waals surface area (Å²) in [5.74, 6) is -3.86. The molecule has 0 aliphatic rings. The van der Waals surface area contributed by atoms with E-state index in [2.05, 4.69) is 19.7 Å². The number of aromatic amines is 1. The third-order valence-electron chi connectivity index (χ3n) is 5.06. The number of H-pyrrole nitrogens is 1. The molecule has 4 rings (SSSR count). The lowest BCUT2D eigenvalue weighted by atomic mass is 9.98. The van der Waals surface area contributed by atoms with Crippen molar-refractivity contribution in [2.45, 2.75) is 10.8 Å². The van der Waals surface area contributed by atoms with Crippen molar-refractivity contribution in [1.82, 2.24) is 9.97 Å². The first-order valence-corrected chi connectivity index (χ1v) is 10.9. The summed E-state index contributed by atoms with van der Waals surface area (Å²) >= 11 is 0.927. The lowest BCUT2D eigenvalue weighted by Gasteiger charge is -2.11. The maximum Gasteiger partial charge on any atom is 0.201 e. The van der Waals surface area contributed by atoms with Gasteiger partial charge in [0.1, 0.15) is 17.3 Å². The fourth-order valence-corrected chi connectivity index (χ4v) is 4.10. The molecular weight excluding hydrogens is 463 g/mol. The van der Waals surface area contributed by atoms with E-state index in [4.69, 9.17) is 5.41 Å². The first-order chi connectivity index (χ1) is 16.4. The predicted molar refractivity (Wildman–Crippen MR) is 128 cm³/mol. The molecule has 0 radical (unpaired) electrons. The van der Waals surface area contributed by atoms with Crippen LogP contribution in [0.2, 0.25) is 0 Å². The molecule has 0 amide bonds. The maximum atomic E-state index is 15.2. The first-order valence-electron chi connectivity index (χ1n) is 10.0. The van der Waals surface area contributed by atoms with Gasteiger partial charge >= 0.3 is 0 Å². The van der Waals surface area contributed by atoms with Crippen LogP contribution < -0.4 is 4.72 Å². The van der Waals surface area contributed by atoms with Crippen LogP contribution in [-0.4, -0.2) is 35.2 Å². The van der Waals surface area contributed by atoms with Crippen molar-refractivity contribution in [3.63, 3.8) is 0 Å². The number of hydrogen-bond donors (Lipinski definition) is 3. The van der Waals surface area contributed by atoms with Gasteiger partial charge in [0.2, 0.25) is 5.78 Å². The second-order valence-corrected chi connectivity index (χ2v) is 8.12. The molecule has 4 aromatic rings. The van der Waals surface area contributed by atoms with Gasteiger partial charge in [-0.3, -0.25) is 9.79 Å². The Morgan fingerprint density at radius 2 is 2.06 bits per heavy atom. The van der Waals surface area contributed by atoms with Crippen molar-refractivity contribution >= 4 is 46.9 Å². The van der Waals surface area contributed by atoms with Crippen LogP contribution in [0, 0.1) is 22.9 Å². The van der Waals surface area contributed by atoms with Crippen molar-refractivity contribution in [2.24, 2.45) is 4.99 Å². The molecule has 10 heteroatoms. The zero-order chi connectivity index (χ0) is 24.2. The number of aliphatic imine (C=N–C) groups is 1. The highest BCUT2D eigenvalue weighted by Gasteiger charge is 2.25. The van der Waals surface area contributed by atoms with Crippen LogP contribution in [0.1, 0.15) is 27.4 Å². The Hall–Kier alpha value is -3.92. The van der Waals surface area contributed by atoms with E-state index < -0.39 is 34.7 Å². The minimum Gasteiger partial charge on any atom is -0.345 e. The van der Waals surface area contributed by atoms with Gasteiger partial charge in [-0.05, 0) is 53.9 Å². The van der Waals surface area contributed by atoms with Gasteiger partial charge < -0.3 is 15.1 Å². The number of anilines is 1. The minimum absolute atomic E-state index is 0.0363. The van der Waals surface area contributed by atoms with Gasteiger partial charge in [-0.2, -0.15) is 0 Å². The Morgan fingerprint density at radius 3 is 2.79 bits per heavy atom. The lowest BCUT2D eigenvalue weighted by molar-refractivity contribution is 0.103. The quantitative estimate of drug-likeness (QED) is 0.169. The Labute approximate surface area is 197 Å². The van der Waals surface area contributed by atoms with Gasteiger partial charge in [-0.1, -0.05) is 6.07 Å². The number of benzene rings is 2. The topological polar surface area (TPSA) is 94.0 Å². The number of nitrogens with one attached hydrogen (secondary N) is 3. The smallest absolute Gasteiger partial charge is 0.201 e. The third kappa shape index (κ3) is 4.58. The van der Waals surface area contributed by atoms with Gasteiger partial charge in [-0.15, -0.1) is 0 Å². The van der Waals surface area contributed by atoms with E-state index in [1.807, 2.05) is 0 Å². The van der Waals surface area contributed by atoms with Crippen LogP contribution in [-0.2, 0) is 0 Å². The Balaban J connectivity index is 1.70. The first kappa shape index (κ1) is 23.2. The summed E-state index contributed by atoms with van der Waals surface area (Å²) in [4.78, 5) is 24.7. The lowest BCUT2D eigenvalue weighted by Crippen LogP contribution is -2.09. The van der Waals surface area contributed by atoms with Crippen molar-refractivity contribution in [3.05, 3.63) is 89.0 Å². The summed E-state index contributed by atoms with van der Waals surface area (Å²) in [6, 6.07) is 9.46. The maximum absolute atomic E-state index is 15.2. The molecule has 1 unspecified atom stereocenters. The number of rotatable bonds is 8. The molecule has 2 heterocycles. The van der Waals surface area contributed by atoms with E-state index in [0.29, 0.717) is 21.5 Å². The van der Waals surface area contributed by atoms with Crippen LogP contribution in [0.25, 0.3) is 11.0 Å². The number of pyridine rings is 1. The van der Waals surface area contributed by atoms with Crippen LogP contribution in [0.15, 0.2) is 64.7 Å². The van der Waals surface area contributed by atoms with Gasteiger partial charge in [0.05, 0.1) is 17.2 Å². The van der Waals surface area contributed by atoms with Crippen LogP contribution >= 0.6 is 11.9 Å². The summed E-state index contributed by atoms with van der Waals surface area (Å²) < 4.78 is 46.0. The molecule has 0 aliphatic heterocycles. The number of carbonyl (C=O) groups is 1. The van der Waals surface area contributed by atoms with Crippen LogP contribution in [0.5, 0.6) is 0 Å². The van der Waals surface area contributed by atoms with Gasteiger partial charge in [0.15, 0.2) is 5.82 Å². The van der Waals surface area contributed by atoms with Crippen LogP contribution in [0.3, 0.4) is 0 Å². The van der Waals surface area contributed by atoms with Gasteiger partial charge in [0.25, 0.3) is 0 Å². The molecular formula is C24H18F3N5OS. The zero-order valence-electron chi connectivity index (χ0n) is 17.8. The molecule has 0 saturated carbocycles. The summed E-state index contributed by atoms with van der Waals surface area (Å²) in [6.45, 7) is 0. The molecule has 34 heavy (non-hydrogen) atoms. The van der Waals surface area contributed by atoms with Crippen molar-refractivity contribution < 1.29 is 18.0 Å². The summed E-state index contributed by atoms with van der Waals surface area (Å²) in [5.41, 5.74) is 0.149. The molecule has 0 spiro atoms. The second kappa shape index (κ2) is 9.92. The average molecular weight is 482 g/mol. The highest BCUT2D eigenvalue weighted by molar-refractivity contribution is 8.00. The Bertz CT molecular complexity index is 1420. The van der Waals surface area contributed by atoms with Crippen LogP contribution in [0.4, 0.5) is 18.9 Å². The molecule has 2 aromatic carbocycles. The van der Waals surface area contributed by atoms with E-state index in [9.17, 15) is 13.6 Å². The number of nitrogens with zero attached hydrogens (tertiary/aromatic N) is 2. The van der Waals surface area contributed by atoms with E-state index >= 15 is 4.39 Å². The minimum atomic E-state index is -1.07. The molecule has 0 bridgehead atoms. The molecule has 6 nitrogen and oxygen atoms in total. The normalized spacial score (nSPS) is 12.2. The summed E-state index contributed by atoms with van der Waals surface area (Å²) in [7, 11) is 1.58. The fraction of sp³-hybridized carbons (Fsp3) is 0.0833. The highest BCUT2D eigenvalue weighted by atomic mass is 32.2. The summed E-state index contributed by atoms with van der Waals surface area (Å²) in [6.07, 6.45) is 5.61. The standard InChI is InChI=1S/C24H18F3N5OS/c1-29-10-14(9-28)13-7-17-18(12-31-24(17)30-11-13)23(33)21-19(26)5-6-20(22(21)27)32-34-16-4-2-3-15(25)8-16/h2-12,14,28,32H,1H3,(H,30,31). The molecule has 1 atom stereocenters. The number of aromatic nitrogens is 2. The third-order valence-corrected chi connectivity index (χ3v) is 5.88. The number of halogens is 3. The average Bonchev–Trinajstić information content (AvgIpc) is 3.25. The number of fused-ring (bicyclic) bond motifs is 1. The Morgan fingerprint density at radius 1 is 1.24 bits per heavy atom. The zero-order valence-corrected chi connectivity index (χ0v) is 18.6. The van der Waals surface area contributed by atoms with E-state index in [-0.39, 0.29) is 11.3 Å². The van der Waals surface area contributed by atoms with Gasteiger partial charge in [0, 0.05) is 47.7 Å². The van der Waals surface area contributed by atoms with Gasteiger partial charge in [-0.25, -0.2) is 18.2 Å². The molecule has 0 fully saturated rings. The number of ketones is 1. The SMILES string of the molecule is CN=CC(C=N)c1cnc2[nH]cc(C(=O)c3c(F)ccc(NSc4cccc(F)c4)c3F)c2c1. The van der Waals surface area contributed by atoms with Crippen molar-refractivity contribution in [3.8, 4) is 0 Å². The molecule has 0 saturated heterocycles. The molecule has 2 aromatic heterocycles. The van der Waals surface area contributed by atoms with Crippen molar-refractivity contribution in [1.29, 1.82) is 5.41 Å². The van der Waals surface area contributed by atoms with E-state index in [1.165, 1.54) is 36.7 Å². The van der Waals surface area contributed by atoms with E-state index in [0.717, 1.165) is 18.0 Å². The Kier molecular flexibility index (Phi) is 6.78. The fourth-order valence-electron chi connectivity index (χ4n) is 3.39. The summed E-state index contributed by atoms with van der Waals surface area (Å²) in [5, 5.41) is 7.96. The monoisotopic (exact) mass is 481 g/mol. The number of hydrogen-bond acceptors (Lipinski definition) is 6. The molecule has 172 valence electrons. The molecule has 3 N–H and O–H groups in total. The largest absolute Gasteiger partial charge is 0.345 e. The van der Waals surface area contributed by atoms with Crippen molar-refractivity contribution in [2.75, 3.05) is 11.8 Å².